The summed E-state index contributed by atoms with van der Waals surface area (Å²) in [6, 6.07) is 72.5. The number of halogens is 1. The van der Waals surface area contributed by atoms with Crippen LogP contribution in [-0.4, -0.2) is 134 Å². The number of benzene rings is 8. The molecule has 18 rings (SSSR count). The molecule has 0 bridgehead atoms. The highest BCUT2D eigenvalue weighted by atomic mass is 19.1. The number of morpholine rings is 1. The first-order chi connectivity index (χ1) is 63.3. The largest absolute Gasteiger partial charge is 0.395 e. The van der Waals surface area contributed by atoms with Gasteiger partial charge in [0.15, 0.2) is 46.3 Å². The number of aryl methyl sites for hydroxylation is 4. The molecule has 10 aliphatic rings. The van der Waals surface area contributed by atoms with Crippen LogP contribution < -0.4 is 33.2 Å². The Morgan fingerprint density at radius 1 is 0.321 bits per heavy atom. The van der Waals surface area contributed by atoms with Crippen LogP contribution in [0.4, 0.5) is 4.39 Å². The van der Waals surface area contributed by atoms with Crippen LogP contribution in [0, 0.1) is 27.7 Å². The van der Waals surface area contributed by atoms with Crippen molar-refractivity contribution >= 4 is 46.3 Å². The van der Waals surface area contributed by atoms with Gasteiger partial charge in [-0.25, -0.2) is 4.39 Å². The highest BCUT2D eigenvalue weighted by Crippen LogP contribution is 2.45. The van der Waals surface area contributed by atoms with Crippen molar-refractivity contribution in [2.45, 2.75) is 284 Å². The van der Waals surface area contributed by atoms with Gasteiger partial charge in [0, 0.05) is 90.6 Å². The fraction of sp³-hybridized carbons (Fsp3) is 0.500. The molecule has 131 heavy (non-hydrogen) atoms. The molecule has 8 aromatic carbocycles. The van der Waals surface area contributed by atoms with Crippen LogP contribution in [0.5, 0.6) is 0 Å². The van der Waals surface area contributed by atoms with Gasteiger partial charge in [-0.1, -0.05) is 286 Å². The molecule has 8 aromatic rings. The van der Waals surface area contributed by atoms with E-state index in [1.165, 1.54) is 35.1 Å². The van der Waals surface area contributed by atoms with Crippen molar-refractivity contribution in [3.8, 4) is 0 Å². The first-order valence-corrected chi connectivity index (χ1v) is 48.9. The Morgan fingerprint density at radius 3 is 1.03 bits per heavy atom. The zero-order chi connectivity index (χ0) is 93.4. The number of carbonyl (C=O) groups excluding carboxylic acids is 8. The van der Waals surface area contributed by atoms with Gasteiger partial charge in [0.1, 0.15) is 51.0 Å². The van der Waals surface area contributed by atoms with Crippen LogP contribution in [0.2, 0.25) is 0 Å². The lowest BCUT2D eigenvalue weighted by Gasteiger charge is -2.50. The van der Waals surface area contributed by atoms with Crippen molar-refractivity contribution in [2.24, 2.45) is 17.2 Å². The number of hydrogen-bond acceptors (Lipinski definition) is 18. The van der Waals surface area contributed by atoms with Gasteiger partial charge in [-0.2, -0.15) is 0 Å². The van der Waals surface area contributed by atoms with E-state index in [4.69, 9.17) is 27.0 Å². The Kier molecular flexibility index (Phi) is 38.3. The molecule has 10 N–H and O–H groups in total. The maximum absolute atomic E-state index is 12.7. The molecular formula is C112H147FN8O10. The first kappa shape index (κ1) is 102. The molecular weight excluding hydrogens is 1640 g/mol. The molecule has 0 spiro atoms. The summed E-state index contributed by atoms with van der Waals surface area (Å²) in [5, 5.41) is 18.6. The fourth-order valence-corrected chi connectivity index (χ4v) is 21.4. The van der Waals surface area contributed by atoms with Crippen LogP contribution in [0.15, 0.2) is 218 Å². The van der Waals surface area contributed by atoms with Gasteiger partial charge in [0.2, 0.25) is 0 Å². The molecule has 8 aliphatic carbocycles. The van der Waals surface area contributed by atoms with E-state index in [-0.39, 0.29) is 53.1 Å². The molecule has 0 radical (unpaired) electrons. The van der Waals surface area contributed by atoms with Gasteiger partial charge in [0.05, 0.1) is 19.8 Å². The molecule has 2 aliphatic heterocycles. The second kappa shape index (κ2) is 49.1. The number of aliphatic hydroxyl groups is 1. The Bertz CT molecular complexity index is 4920. The molecule has 0 amide bonds. The standard InChI is InChI=1S/C16H21NO2.C15H19NO.C14H18FNO.C14H19NO2.C14H19NO.3C13H17NO/c18-15-8-4-5-9-16(15,14-6-2-1-3-7-14)17-10-12-19-13-11-17;17-14-9-4-5-10-15(14,16-11-6-12-16)13-7-2-1-3-8-13;15-10-11-16-14(9-5-4-8-13(14)17)12-6-2-1-3-7-12;16-11-10-15-14(9-5-4-8-13(14)17)12-6-2-1-3-7-12;1-11-6-8-12(9-7-11)14(15-2)10-4-3-5-13(14)16;1-10-5-4-6-11(9-10)13(14)8-3-2-7-12(13)15;1-10-6-2-3-7-11(10)13(14)9-5-4-8-12(13)15;1-10-5-7-11(8-6-10)13(14)9-3-2-4-12(13)15/h1-3,6-7H,4-5,8-13H2;1-3,7-8H,4-6,9-12H2;1-3,6-7,16H,4-5,8-11H2;1-3,6-7,15-16H,4-5,8-11H2;6-9,15H,3-5,10H2,1-2H3;4-6,9H,2-3,7-8,14H2,1H3;2-3,6-7H,4-5,8-9,14H2,1H3;5-8H,2-4,9,14H2,1H3. The van der Waals surface area contributed by atoms with E-state index >= 15 is 0 Å². The summed E-state index contributed by atoms with van der Waals surface area (Å²) in [6.07, 6.45) is 30.1. The monoisotopic (exact) mass is 1780 g/mol. The molecule has 19 heteroatoms. The SMILES string of the molecule is CNC1(c2ccc(C)cc2)CCCCC1=O.Cc1ccc(C2(N)CCCCC2=O)cc1.Cc1cccc(C2(N)CCCCC2=O)c1.Cc1ccccc1C1(N)CCCCC1=O.O=C1CCCCC1(NCCF)c1ccccc1.O=C1CCCCC1(NCCO)c1ccccc1.O=C1CCCCC1(c1ccccc1)N1CCC1.O=C1CCCCC1(c1ccccc1)N1CCOCC1. The summed E-state index contributed by atoms with van der Waals surface area (Å²) < 4.78 is 17.8. The topological polar surface area (TPSA) is 287 Å². The number of likely N-dealkylation sites (N-methyl/N-ethyl adjacent to an activating group) is 1. The van der Waals surface area contributed by atoms with E-state index < -0.39 is 39.9 Å². The molecule has 2 saturated heterocycles. The molecule has 18 nitrogen and oxygen atoms in total. The summed E-state index contributed by atoms with van der Waals surface area (Å²) in [5.41, 5.74) is 27.5. The normalized spacial score (nSPS) is 26.9. The van der Waals surface area contributed by atoms with Crippen molar-refractivity contribution in [2.75, 3.05) is 72.8 Å². The van der Waals surface area contributed by atoms with E-state index in [9.17, 15) is 42.7 Å². The fourth-order valence-electron chi connectivity index (χ4n) is 21.4. The number of ketones is 8. The summed E-state index contributed by atoms with van der Waals surface area (Å²) >= 11 is 0. The summed E-state index contributed by atoms with van der Waals surface area (Å²) in [7, 11) is 1.89. The molecule has 10 fully saturated rings. The second-order valence-corrected chi connectivity index (χ2v) is 37.7. The lowest BCUT2D eigenvalue weighted by molar-refractivity contribution is -0.139. The number of nitrogens with two attached hydrogens (primary N) is 3. The Balaban J connectivity index is 0.000000145. The number of Topliss-reactive ketones (excluding diaryl/α,β-unsaturated/α-hetero) is 8. The summed E-state index contributed by atoms with van der Waals surface area (Å²) in [4.78, 5) is 102. The third-order valence-electron chi connectivity index (χ3n) is 29.3. The summed E-state index contributed by atoms with van der Waals surface area (Å²) in [5.74, 6) is 2.21. The third-order valence-corrected chi connectivity index (χ3v) is 29.3. The van der Waals surface area contributed by atoms with Gasteiger partial charge in [-0.15, -0.1) is 0 Å². The quantitative estimate of drug-likeness (QED) is 0.0446. The molecule has 0 aromatic heterocycles. The molecule has 2 heterocycles. The van der Waals surface area contributed by atoms with Crippen LogP contribution in [-0.2, 0) is 87.4 Å². The van der Waals surface area contributed by atoms with E-state index in [0.29, 0.717) is 68.8 Å². The number of likely N-dealkylation sites (tertiary alicyclic amines) is 1. The number of alkyl halides is 1. The molecule has 8 saturated carbocycles. The van der Waals surface area contributed by atoms with Gasteiger partial charge >= 0.3 is 0 Å². The number of hydrogen-bond donors (Lipinski definition) is 7. The van der Waals surface area contributed by atoms with Crippen molar-refractivity contribution in [3.63, 3.8) is 0 Å². The van der Waals surface area contributed by atoms with Crippen LogP contribution in [0.3, 0.4) is 0 Å². The van der Waals surface area contributed by atoms with Crippen LogP contribution in [0.1, 0.15) is 279 Å². The van der Waals surface area contributed by atoms with Crippen molar-refractivity contribution in [1.29, 1.82) is 0 Å². The van der Waals surface area contributed by atoms with E-state index in [2.05, 4.69) is 93.3 Å². The van der Waals surface area contributed by atoms with E-state index in [1.54, 1.807) is 0 Å². The lowest BCUT2D eigenvalue weighted by atomic mass is 9.73. The third kappa shape index (κ3) is 24.6. The predicted octanol–water partition coefficient (Wildman–Crippen LogP) is 18.7. The van der Waals surface area contributed by atoms with Crippen LogP contribution in [0.25, 0.3) is 0 Å². The Labute approximate surface area is 779 Å². The minimum atomic E-state index is -0.719. The lowest BCUT2D eigenvalue weighted by Crippen LogP contribution is -2.58. The van der Waals surface area contributed by atoms with Gasteiger partial charge in [-0.3, -0.25) is 58.8 Å². The molecule has 702 valence electrons. The number of nitrogens with one attached hydrogen (secondary N) is 3. The Morgan fingerprint density at radius 2 is 0.656 bits per heavy atom. The zero-order valence-corrected chi connectivity index (χ0v) is 78.8. The highest BCUT2D eigenvalue weighted by Gasteiger charge is 2.50. The van der Waals surface area contributed by atoms with E-state index in [0.717, 1.165) is 238 Å². The molecule has 8 atom stereocenters. The number of rotatable bonds is 17. The average molecular weight is 1780 g/mol. The van der Waals surface area contributed by atoms with Gasteiger partial charge < -0.3 is 32.4 Å². The highest BCUT2D eigenvalue weighted by molar-refractivity contribution is 5.95. The number of carbonyl (C=O) groups is 8. The zero-order valence-electron chi connectivity index (χ0n) is 78.8. The maximum Gasteiger partial charge on any atom is 0.157 e. The minimum absolute atomic E-state index is 0.0574. The van der Waals surface area contributed by atoms with Crippen LogP contribution >= 0.6 is 0 Å². The number of aliphatic hydroxyl groups excluding tert-OH is 1. The minimum Gasteiger partial charge on any atom is -0.395 e. The van der Waals surface area contributed by atoms with Crippen molar-refractivity contribution in [3.05, 3.63) is 285 Å². The van der Waals surface area contributed by atoms with Gasteiger partial charge in [0.25, 0.3) is 0 Å². The Hall–Kier alpha value is -9.35. The molecule has 8 unspecified atom stereocenters. The predicted molar refractivity (Wildman–Crippen MR) is 521 cm³/mol. The number of ether oxygens (including phenoxy) is 1. The second-order valence-electron chi connectivity index (χ2n) is 37.7. The van der Waals surface area contributed by atoms with Crippen molar-refractivity contribution in [1.82, 2.24) is 25.8 Å². The summed E-state index contributed by atoms with van der Waals surface area (Å²) in [6.45, 7) is 13.8. The number of nitrogens with zero attached hydrogens (tertiary/aromatic N) is 2. The van der Waals surface area contributed by atoms with E-state index in [1.807, 2.05) is 186 Å². The smallest absolute Gasteiger partial charge is 0.157 e. The average Bonchev–Trinajstić information content (AvgIpc) is 0.753. The first-order valence-electron chi connectivity index (χ1n) is 48.9. The van der Waals surface area contributed by atoms with Crippen molar-refractivity contribution < 1.29 is 52.6 Å². The van der Waals surface area contributed by atoms with Gasteiger partial charge in [-0.05, 0) is 194 Å². The maximum atomic E-state index is 12.7.